The number of fused-ring (bicyclic) bond motifs is 1. The van der Waals surface area contributed by atoms with Crippen LogP contribution in [0.4, 0.5) is 5.69 Å². The van der Waals surface area contributed by atoms with Gasteiger partial charge in [0.2, 0.25) is 0 Å². The van der Waals surface area contributed by atoms with E-state index in [1.165, 1.54) is 24.9 Å². The summed E-state index contributed by atoms with van der Waals surface area (Å²) < 4.78 is 15.6. The maximum absolute atomic E-state index is 12.4. The van der Waals surface area contributed by atoms with Gasteiger partial charge in [0, 0.05) is 32.4 Å². The number of hydrogen-bond acceptors (Lipinski definition) is 6. The zero-order chi connectivity index (χ0) is 23.3. The molecular weight excluding hydrogens is 418 g/mol. The molecule has 3 rings (SSSR count). The van der Waals surface area contributed by atoms with Crippen LogP contribution in [0.3, 0.4) is 0 Å². The van der Waals surface area contributed by atoms with Crippen LogP contribution in [0.2, 0.25) is 0 Å². The molecule has 33 heavy (non-hydrogen) atoms. The molecule has 1 N–H and O–H groups in total. The van der Waals surface area contributed by atoms with E-state index in [9.17, 15) is 10.1 Å². The first-order valence-electron chi connectivity index (χ1n) is 11.5. The summed E-state index contributed by atoms with van der Waals surface area (Å²) in [6.45, 7) is 4.90. The molecule has 0 bridgehead atoms. The van der Waals surface area contributed by atoms with Crippen molar-refractivity contribution < 1.29 is 19.0 Å². The van der Waals surface area contributed by atoms with Gasteiger partial charge < -0.3 is 24.4 Å². The Morgan fingerprint density at radius 2 is 1.70 bits per heavy atom. The summed E-state index contributed by atoms with van der Waals surface area (Å²) in [5.41, 5.74) is 2.15. The number of methoxy groups -OCH3 is 1. The fourth-order valence-electron chi connectivity index (χ4n) is 3.80. The minimum Gasteiger partial charge on any atom is -0.382 e. The second kappa shape index (κ2) is 13.6. The molecule has 7 heteroatoms. The highest BCUT2D eigenvalue weighted by molar-refractivity contribution is 6.02. The number of anilines is 1. The van der Waals surface area contributed by atoms with Crippen molar-refractivity contribution in [3.63, 3.8) is 0 Å². The molecule has 1 saturated heterocycles. The summed E-state index contributed by atoms with van der Waals surface area (Å²) >= 11 is 0. The average Bonchev–Trinajstić information content (AvgIpc) is 2.86. The number of rotatable bonds is 12. The van der Waals surface area contributed by atoms with E-state index >= 15 is 0 Å². The highest BCUT2D eigenvalue weighted by Gasteiger charge is 2.12. The molecule has 2 aromatic carbocycles. The lowest BCUT2D eigenvalue weighted by Crippen LogP contribution is -2.29. The fraction of sp³-hybridized carbons (Fsp3) is 0.462. The van der Waals surface area contributed by atoms with Gasteiger partial charge in [-0.15, -0.1) is 0 Å². The smallest absolute Gasteiger partial charge is 0.262 e. The number of nitrogens with one attached hydrogen (secondary N) is 1. The highest BCUT2D eigenvalue weighted by Crippen LogP contribution is 2.26. The summed E-state index contributed by atoms with van der Waals surface area (Å²) in [5.74, 6) is -0.405. The molecule has 0 atom stereocenters. The monoisotopic (exact) mass is 451 g/mol. The van der Waals surface area contributed by atoms with E-state index in [0.717, 1.165) is 29.4 Å². The van der Waals surface area contributed by atoms with E-state index in [1.54, 1.807) is 13.2 Å². The summed E-state index contributed by atoms with van der Waals surface area (Å²) in [6.07, 6.45) is 5.43. The molecular formula is C26H33N3O4. The van der Waals surface area contributed by atoms with Crippen LogP contribution >= 0.6 is 0 Å². The summed E-state index contributed by atoms with van der Waals surface area (Å²) in [6, 6.07) is 14.5. The first kappa shape index (κ1) is 24.7. The fourth-order valence-corrected chi connectivity index (χ4v) is 3.80. The number of hydrogen-bond donors (Lipinski definition) is 1. The lowest BCUT2D eigenvalue weighted by molar-refractivity contribution is -0.117. The Morgan fingerprint density at radius 1 is 1.00 bits per heavy atom. The van der Waals surface area contributed by atoms with Crippen molar-refractivity contribution in [2.24, 2.45) is 0 Å². The van der Waals surface area contributed by atoms with Crippen molar-refractivity contribution in [3.8, 4) is 6.07 Å². The largest absolute Gasteiger partial charge is 0.382 e. The van der Waals surface area contributed by atoms with Gasteiger partial charge in [-0.05, 0) is 59.9 Å². The van der Waals surface area contributed by atoms with Gasteiger partial charge in [-0.25, -0.2) is 0 Å². The van der Waals surface area contributed by atoms with Gasteiger partial charge in [-0.3, -0.25) is 4.79 Å². The molecule has 176 valence electrons. The second-order valence-corrected chi connectivity index (χ2v) is 7.98. The number of carbonyl (C=O) groups excluding carboxylic acids is 1. The molecule has 0 unspecified atom stereocenters. The van der Waals surface area contributed by atoms with E-state index in [-0.39, 0.29) is 5.57 Å². The van der Waals surface area contributed by atoms with Crippen molar-refractivity contribution in [1.82, 2.24) is 5.32 Å². The molecule has 0 saturated carbocycles. The molecule has 1 amide bonds. The molecule has 1 aliphatic heterocycles. The van der Waals surface area contributed by atoms with Gasteiger partial charge in [0.25, 0.3) is 5.91 Å². The number of nitrogens with zero attached hydrogens (tertiary/aromatic N) is 2. The number of ether oxygens (including phenoxy) is 3. The predicted octanol–water partition coefficient (Wildman–Crippen LogP) is 3.53. The van der Waals surface area contributed by atoms with Gasteiger partial charge in [0.15, 0.2) is 0 Å². The zero-order valence-electron chi connectivity index (χ0n) is 19.3. The average molecular weight is 452 g/mol. The maximum atomic E-state index is 12.4. The summed E-state index contributed by atoms with van der Waals surface area (Å²) in [4.78, 5) is 14.8. The molecule has 0 radical (unpaired) electrons. The first-order valence-corrected chi connectivity index (χ1v) is 11.5. The number of carbonyl (C=O) groups is 1. The standard InChI is InChI=1S/C26H33N3O4/c1-31-13-14-33-16-15-32-12-9-28-26(30)24(20-27)18-21-5-6-23-19-25(8-7-22(23)17-21)29-10-3-2-4-11-29/h5-8,17-19H,2-4,9-16H2,1H3,(H,28,30)/b24-18-. The van der Waals surface area contributed by atoms with Crippen molar-refractivity contribution in [2.75, 3.05) is 64.7 Å². The molecule has 0 aromatic heterocycles. The molecule has 0 spiro atoms. The molecule has 7 nitrogen and oxygen atoms in total. The Morgan fingerprint density at radius 3 is 2.45 bits per heavy atom. The molecule has 1 fully saturated rings. The molecule has 1 heterocycles. The van der Waals surface area contributed by atoms with Crippen LogP contribution in [0.25, 0.3) is 16.8 Å². The van der Waals surface area contributed by atoms with E-state index in [0.29, 0.717) is 39.6 Å². The summed E-state index contributed by atoms with van der Waals surface area (Å²) in [5, 5.41) is 14.4. The van der Waals surface area contributed by atoms with Crippen LogP contribution in [0.15, 0.2) is 42.0 Å². The maximum Gasteiger partial charge on any atom is 0.262 e. The SMILES string of the molecule is COCCOCCOCCNC(=O)/C(C#N)=C\c1ccc2cc(N3CCCCC3)ccc2c1. The Hall–Kier alpha value is -2.92. The van der Waals surface area contributed by atoms with Crippen LogP contribution < -0.4 is 10.2 Å². The van der Waals surface area contributed by atoms with Crippen LogP contribution in [0.1, 0.15) is 24.8 Å². The Bertz CT molecular complexity index is 977. The third-order valence-corrected chi connectivity index (χ3v) is 5.58. The number of piperidine rings is 1. The highest BCUT2D eigenvalue weighted by atomic mass is 16.5. The van der Waals surface area contributed by atoms with Gasteiger partial charge in [-0.2, -0.15) is 5.26 Å². The summed E-state index contributed by atoms with van der Waals surface area (Å²) in [7, 11) is 1.62. The van der Waals surface area contributed by atoms with Gasteiger partial charge in [0.1, 0.15) is 11.6 Å². The van der Waals surface area contributed by atoms with Crippen molar-refractivity contribution in [3.05, 3.63) is 47.5 Å². The van der Waals surface area contributed by atoms with Crippen LogP contribution in [0, 0.1) is 11.3 Å². The van der Waals surface area contributed by atoms with E-state index in [2.05, 4.69) is 28.4 Å². The lowest BCUT2D eigenvalue weighted by atomic mass is 10.0. The quantitative estimate of drug-likeness (QED) is 0.302. The first-order chi connectivity index (χ1) is 16.2. The zero-order valence-corrected chi connectivity index (χ0v) is 19.3. The van der Waals surface area contributed by atoms with E-state index in [4.69, 9.17) is 14.2 Å². The van der Waals surface area contributed by atoms with Crippen molar-refractivity contribution >= 4 is 28.4 Å². The van der Waals surface area contributed by atoms with Crippen molar-refractivity contribution in [1.29, 1.82) is 5.26 Å². The normalized spacial score (nSPS) is 14.3. The molecule has 1 aliphatic rings. The molecule has 0 aliphatic carbocycles. The van der Waals surface area contributed by atoms with Crippen molar-refractivity contribution in [2.45, 2.75) is 19.3 Å². The number of amides is 1. The number of nitriles is 1. The second-order valence-electron chi connectivity index (χ2n) is 7.98. The van der Waals surface area contributed by atoms with Crippen LogP contribution in [-0.4, -0.2) is 65.7 Å². The number of benzene rings is 2. The van der Waals surface area contributed by atoms with Gasteiger partial charge in [0.05, 0.1) is 33.0 Å². The molecule has 2 aromatic rings. The van der Waals surface area contributed by atoms with Crippen LogP contribution in [0.5, 0.6) is 0 Å². The van der Waals surface area contributed by atoms with Crippen LogP contribution in [-0.2, 0) is 19.0 Å². The Kier molecular flexibility index (Phi) is 10.2. The van der Waals surface area contributed by atoms with E-state index in [1.807, 2.05) is 24.3 Å². The minimum absolute atomic E-state index is 0.0715. The minimum atomic E-state index is -0.405. The van der Waals surface area contributed by atoms with E-state index < -0.39 is 5.91 Å². The topological polar surface area (TPSA) is 83.8 Å². The van der Waals surface area contributed by atoms with Gasteiger partial charge in [-0.1, -0.05) is 18.2 Å². The lowest BCUT2D eigenvalue weighted by Gasteiger charge is -2.29. The third kappa shape index (κ3) is 7.86. The Labute approximate surface area is 195 Å². The van der Waals surface area contributed by atoms with Gasteiger partial charge >= 0.3 is 0 Å². The predicted molar refractivity (Wildman–Crippen MR) is 130 cm³/mol. The Balaban J connectivity index is 1.51. The third-order valence-electron chi connectivity index (χ3n) is 5.58.